The summed E-state index contributed by atoms with van der Waals surface area (Å²) >= 11 is 0. The zero-order valence-electron chi connectivity index (χ0n) is 9.16. The molecule has 2 nitrogen and oxygen atoms in total. The van der Waals surface area contributed by atoms with Gasteiger partial charge in [-0.25, -0.2) is 0 Å². The van der Waals surface area contributed by atoms with E-state index in [0.717, 1.165) is 5.56 Å². The van der Waals surface area contributed by atoms with Gasteiger partial charge in [0.15, 0.2) is 0 Å². The van der Waals surface area contributed by atoms with Crippen molar-refractivity contribution in [2.45, 2.75) is 32.4 Å². The molecule has 1 aromatic rings. The fraction of sp³-hybridized carbons (Fsp3) is 0.500. The van der Waals surface area contributed by atoms with Gasteiger partial charge in [-0.05, 0) is 26.3 Å². The van der Waals surface area contributed by atoms with Gasteiger partial charge in [-0.1, -0.05) is 30.3 Å². The molecular weight excluding hydrogens is 174 g/mol. The highest BCUT2D eigenvalue weighted by Crippen LogP contribution is 2.26. The maximum atomic E-state index is 6.13. The van der Waals surface area contributed by atoms with Crippen molar-refractivity contribution < 1.29 is 4.74 Å². The fourth-order valence-corrected chi connectivity index (χ4v) is 1.52. The summed E-state index contributed by atoms with van der Waals surface area (Å²) in [6, 6.07) is 9.97. The molecule has 78 valence electrons. The van der Waals surface area contributed by atoms with Gasteiger partial charge >= 0.3 is 0 Å². The summed E-state index contributed by atoms with van der Waals surface area (Å²) in [5, 5.41) is 0. The zero-order chi connectivity index (χ0) is 10.6. The van der Waals surface area contributed by atoms with Crippen molar-refractivity contribution in [2.24, 2.45) is 5.73 Å². The third-order valence-corrected chi connectivity index (χ3v) is 2.42. The molecule has 2 N–H and O–H groups in total. The first kappa shape index (κ1) is 11.2. The van der Waals surface area contributed by atoms with E-state index < -0.39 is 0 Å². The van der Waals surface area contributed by atoms with Gasteiger partial charge in [0.25, 0.3) is 0 Å². The maximum absolute atomic E-state index is 6.13. The lowest BCUT2D eigenvalue weighted by Crippen LogP contribution is -2.38. The third kappa shape index (κ3) is 2.56. The molecule has 1 unspecified atom stereocenters. The van der Waals surface area contributed by atoms with Crippen LogP contribution in [0, 0.1) is 0 Å². The first-order chi connectivity index (χ1) is 6.58. The summed E-state index contributed by atoms with van der Waals surface area (Å²) in [6.45, 7) is 6.72. The second-order valence-electron chi connectivity index (χ2n) is 3.92. The molecule has 0 aliphatic heterocycles. The Morgan fingerprint density at radius 1 is 1.29 bits per heavy atom. The molecule has 0 aliphatic rings. The molecule has 14 heavy (non-hydrogen) atoms. The van der Waals surface area contributed by atoms with Crippen molar-refractivity contribution in [3.8, 4) is 0 Å². The Kier molecular flexibility index (Phi) is 3.67. The lowest BCUT2D eigenvalue weighted by atomic mass is 9.92. The van der Waals surface area contributed by atoms with Crippen molar-refractivity contribution in [1.29, 1.82) is 0 Å². The summed E-state index contributed by atoms with van der Waals surface area (Å²) in [5.41, 5.74) is 6.94. The largest absolute Gasteiger partial charge is 0.374 e. The van der Waals surface area contributed by atoms with Gasteiger partial charge in [0.1, 0.15) is 0 Å². The van der Waals surface area contributed by atoms with Crippen LogP contribution in [0.15, 0.2) is 30.3 Å². The molecule has 0 saturated heterocycles. The molecule has 1 atom stereocenters. The highest BCUT2D eigenvalue weighted by molar-refractivity contribution is 5.21. The first-order valence-corrected chi connectivity index (χ1v) is 5.02. The molecule has 0 bridgehead atoms. The van der Waals surface area contributed by atoms with Crippen molar-refractivity contribution in [3.63, 3.8) is 0 Å². The van der Waals surface area contributed by atoms with Crippen LogP contribution in [0.4, 0.5) is 0 Å². The average Bonchev–Trinajstić information content (AvgIpc) is 2.18. The number of nitrogens with two attached hydrogens (primary N) is 1. The van der Waals surface area contributed by atoms with Gasteiger partial charge in [0.2, 0.25) is 0 Å². The Balaban J connectivity index is 2.79. The summed E-state index contributed by atoms with van der Waals surface area (Å²) in [5.74, 6) is 0. The standard InChI is InChI=1S/C12H19NO/c1-4-14-12(2,3)11(13)10-8-6-5-7-9-10/h5-9,11H,4,13H2,1-3H3. The predicted octanol–water partition coefficient (Wildman–Crippen LogP) is 2.50. The highest BCUT2D eigenvalue weighted by atomic mass is 16.5. The zero-order valence-corrected chi connectivity index (χ0v) is 9.16. The van der Waals surface area contributed by atoms with Crippen LogP contribution in [0.2, 0.25) is 0 Å². The first-order valence-electron chi connectivity index (χ1n) is 5.02. The summed E-state index contributed by atoms with van der Waals surface area (Å²) in [4.78, 5) is 0. The molecule has 0 fully saturated rings. The molecule has 0 spiro atoms. The smallest absolute Gasteiger partial charge is 0.0818 e. The quantitative estimate of drug-likeness (QED) is 0.797. The third-order valence-electron chi connectivity index (χ3n) is 2.42. The van der Waals surface area contributed by atoms with Crippen molar-refractivity contribution in [1.82, 2.24) is 0 Å². The Hall–Kier alpha value is -0.860. The molecule has 0 aliphatic carbocycles. The Bertz CT molecular complexity index is 269. The fourth-order valence-electron chi connectivity index (χ4n) is 1.52. The molecule has 0 radical (unpaired) electrons. The molecule has 1 aromatic carbocycles. The Morgan fingerprint density at radius 2 is 1.86 bits per heavy atom. The monoisotopic (exact) mass is 193 g/mol. The van der Waals surface area contributed by atoms with E-state index in [2.05, 4.69) is 0 Å². The van der Waals surface area contributed by atoms with Crippen LogP contribution in [-0.2, 0) is 4.74 Å². The lowest BCUT2D eigenvalue weighted by Gasteiger charge is -2.31. The molecule has 0 heterocycles. The second kappa shape index (κ2) is 4.58. The van der Waals surface area contributed by atoms with E-state index in [1.807, 2.05) is 51.1 Å². The second-order valence-corrected chi connectivity index (χ2v) is 3.92. The van der Waals surface area contributed by atoms with Gasteiger partial charge in [-0.15, -0.1) is 0 Å². The van der Waals surface area contributed by atoms with Crippen molar-refractivity contribution in [3.05, 3.63) is 35.9 Å². The van der Waals surface area contributed by atoms with Crippen molar-refractivity contribution >= 4 is 0 Å². The SMILES string of the molecule is CCOC(C)(C)C(N)c1ccccc1. The van der Waals surface area contributed by atoms with E-state index in [1.165, 1.54) is 0 Å². The molecule has 1 rings (SSSR count). The van der Waals surface area contributed by atoms with Crippen LogP contribution in [0.1, 0.15) is 32.4 Å². The molecule has 2 heteroatoms. The highest BCUT2D eigenvalue weighted by Gasteiger charge is 2.27. The number of hydrogen-bond acceptors (Lipinski definition) is 2. The lowest BCUT2D eigenvalue weighted by molar-refractivity contribution is -0.0297. The summed E-state index contributed by atoms with van der Waals surface area (Å²) in [7, 11) is 0. The topological polar surface area (TPSA) is 35.2 Å². The molecule has 0 saturated carbocycles. The minimum Gasteiger partial charge on any atom is -0.374 e. The number of rotatable bonds is 4. The van der Waals surface area contributed by atoms with Crippen LogP contribution < -0.4 is 5.73 Å². The van der Waals surface area contributed by atoms with Crippen LogP contribution in [0.25, 0.3) is 0 Å². The van der Waals surface area contributed by atoms with Crippen molar-refractivity contribution in [2.75, 3.05) is 6.61 Å². The summed E-state index contributed by atoms with van der Waals surface area (Å²) in [6.07, 6.45) is 0. The maximum Gasteiger partial charge on any atom is 0.0818 e. The average molecular weight is 193 g/mol. The molecule has 0 amide bonds. The Labute approximate surface area is 86.1 Å². The van der Waals surface area contributed by atoms with E-state index in [0.29, 0.717) is 6.61 Å². The van der Waals surface area contributed by atoms with E-state index in [-0.39, 0.29) is 11.6 Å². The van der Waals surface area contributed by atoms with E-state index in [9.17, 15) is 0 Å². The molecule has 0 aromatic heterocycles. The summed E-state index contributed by atoms with van der Waals surface area (Å²) < 4.78 is 5.62. The predicted molar refractivity (Wildman–Crippen MR) is 59.1 cm³/mol. The van der Waals surface area contributed by atoms with E-state index >= 15 is 0 Å². The van der Waals surface area contributed by atoms with E-state index in [1.54, 1.807) is 0 Å². The van der Waals surface area contributed by atoms with Gasteiger partial charge in [0, 0.05) is 6.61 Å². The van der Waals surface area contributed by atoms with Gasteiger partial charge in [0.05, 0.1) is 11.6 Å². The van der Waals surface area contributed by atoms with Crippen LogP contribution in [-0.4, -0.2) is 12.2 Å². The van der Waals surface area contributed by atoms with Crippen LogP contribution in [0.3, 0.4) is 0 Å². The number of ether oxygens (including phenoxy) is 1. The minimum absolute atomic E-state index is 0.0800. The Morgan fingerprint density at radius 3 is 2.36 bits per heavy atom. The number of hydrogen-bond donors (Lipinski definition) is 1. The molecular formula is C12H19NO. The van der Waals surface area contributed by atoms with Crippen LogP contribution in [0.5, 0.6) is 0 Å². The van der Waals surface area contributed by atoms with Gasteiger partial charge < -0.3 is 10.5 Å². The van der Waals surface area contributed by atoms with Crippen LogP contribution >= 0.6 is 0 Å². The van der Waals surface area contributed by atoms with Gasteiger partial charge in [-0.3, -0.25) is 0 Å². The van der Waals surface area contributed by atoms with E-state index in [4.69, 9.17) is 10.5 Å². The normalized spacial score (nSPS) is 14.0. The number of benzene rings is 1. The minimum atomic E-state index is -0.309. The van der Waals surface area contributed by atoms with Gasteiger partial charge in [-0.2, -0.15) is 0 Å².